The summed E-state index contributed by atoms with van der Waals surface area (Å²) >= 11 is 0. The maximum Gasteiger partial charge on any atom is 0.268 e. The summed E-state index contributed by atoms with van der Waals surface area (Å²) in [6.07, 6.45) is 17.4. The van der Waals surface area contributed by atoms with Gasteiger partial charge in [0.15, 0.2) is 0 Å². The van der Waals surface area contributed by atoms with Crippen LogP contribution in [0.2, 0.25) is 0 Å². The van der Waals surface area contributed by atoms with Crippen LogP contribution in [0.4, 0.5) is 0 Å². The SMILES string of the molecule is C=C(/C=C(CO)\C(=C/C)[C@@H]1CCN(C(=O)C(CC)=N/C=C(\C)OC)C1)C1CC=CC=C1C1CC1. The predicted octanol–water partition coefficient (Wildman–Crippen LogP) is 5.53. The second-order valence-electron chi connectivity index (χ2n) is 9.41. The molecule has 34 heavy (non-hydrogen) atoms. The van der Waals surface area contributed by atoms with Crippen LogP contribution >= 0.6 is 0 Å². The molecule has 184 valence electrons. The molecule has 2 atom stereocenters. The first-order valence-corrected chi connectivity index (χ1v) is 12.5. The summed E-state index contributed by atoms with van der Waals surface area (Å²) in [5.74, 6) is 1.86. The third-order valence-electron chi connectivity index (χ3n) is 7.13. The molecule has 0 radical (unpaired) electrons. The Morgan fingerprint density at radius 3 is 2.74 bits per heavy atom. The Morgan fingerprint density at radius 1 is 1.35 bits per heavy atom. The van der Waals surface area contributed by atoms with Crippen molar-refractivity contribution < 1.29 is 14.6 Å². The zero-order valence-electron chi connectivity index (χ0n) is 21.2. The van der Waals surface area contributed by atoms with Crippen LogP contribution in [0.25, 0.3) is 0 Å². The highest BCUT2D eigenvalue weighted by Gasteiger charge is 2.33. The van der Waals surface area contributed by atoms with E-state index in [2.05, 4.69) is 42.0 Å². The van der Waals surface area contributed by atoms with E-state index in [-0.39, 0.29) is 18.4 Å². The molecule has 0 bridgehead atoms. The quantitative estimate of drug-likeness (QED) is 0.263. The molecule has 3 aliphatic rings. The van der Waals surface area contributed by atoms with Crippen LogP contribution in [-0.4, -0.2) is 48.4 Å². The highest BCUT2D eigenvalue weighted by Crippen LogP contribution is 2.45. The van der Waals surface area contributed by atoms with E-state index in [9.17, 15) is 9.90 Å². The molecule has 0 aromatic carbocycles. The summed E-state index contributed by atoms with van der Waals surface area (Å²) in [7, 11) is 1.59. The minimum absolute atomic E-state index is 0.0206. The van der Waals surface area contributed by atoms with Gasteiger partial charge in [0.25, 0.3) is 5.91 Å². The molecule has 2 fully saturated rings. The molecule has 0 spiro atoms. The molecule has 5 heteroatoms. The lowest BCUT2D eigenvalue weighted by molar-refractivity contribution is -0.123. The molecule has 3 rings (SSSR count). The molecule has 1 saturated carbocycles. The van der Waals surface area contributed by atoms with Gasteiger partial charge < -0.3 is 14.7 Å². The van der Waals surface area contributed by atoms with Gasteiger partial charge in [-0.15, -0.1) is 0 Å². The Balaban J connectivity index is 1.71. The Bertz CT molecular complexity index is 960. The number of aliphatic hydroxyl groups excluding tert-OH is 1. The number of hydrogen-bond donors (Lipinski definition) is 1. The molecule has 1 saturated heterocycles. The Labute approximate surface area is 205 Å². The summed E-state index contributed by atoms with van der Waals surface area (Å²) in [5.41, 5.74) is 5.13. The van der Waals surface area contributed by atoms with Crippen LogP contribution in [0.3, 0.4) is 0 Å². The van der Waals surface area contributed by atoms with E-state index in [4.69, 9.17) is 4.74 Å². The number of carbonyl (C=O) groups excluding carboxylic acids is 1. The zero-order chi connectivity index (χ0) is 24.7. The van der Waals surface area contributed by atoms with E-state index in [1.54, 1.807) is 13.3 Å². The number of allylic oxidation sites excluding steroid dienone is 8. The minimum atomic E-state index is -0.0308. The summed E-state index contributed by atoms with van der Waals surface area (Å²) in [4.78, 5) is 19.3. The number of aliphatic hydroxyl groups is 1. The number of amides is 1. The van der Waals surface area contributed by atoms with Crippen molar-refractivity contribution in [3.05, 3.63) is 71.2 Å². The largest absolute Gasteiger partial charge is 0.500 e. The van der Waals surface area contributed by atoms with E-state index in [0.29, 0.717) is 42.8 Å². The van der Waals surface area contributed by atoms with E-state index in [1.165, 1.54) is 18.4 Å². The van der Waals surface area contributed by atoms with Gasteiger partial charge in [-0.1, -0.05) is 49.5 Å². The van der Waals surface area contributed by atoms with Crippen LogP contribution in [0, 0.1) is 17.8 Å². The van der Waals surface area contributed by atoms with Crippen molar-refractivity contribution in [1.29, 1.82) is 0 Å². The fourth-order valence-electron chi connectivity index (χ4n) is 4.98. The van der Waals surface area contributed by atoms with Gasteiger partial charge in [0, 0.05) is 24.9 Å². The van der Waals surface area contributed by atoms with Gasteiger partial charge in [-0.05, 0) is 68.6 Å². The number of ether oxygens (including phenoxy) is 1. The predicted molar refractivity (Wildman–Crippen MR) is 139 cm³/mol. The lowest BCUT2D eigenvalue weighted by Gasteiger charge is -2.24. The normalized spacial score (nSPS) is 24.4. The summed E-state index contributed by atoms with van der Waals surface area (Å²) in [6.45, 7) is 11.5. The van der Waals surface area contributed by atoms with Crippen molar-refractivity contribution in [2.24, 2.45) is 22.7 Å². The third kappa shape index (κ3) is 6.26. The van der Waals surface area contributed by atoms with E-state index >= 15 is 0 Å². The lowest BCUT2D eigenvalue weighted by Crippen LogP contribution is -2.34. The van der Waals surface area contributed by atoms with Crippen LogP contribution in [0.1, 0.15) is 52.9 Å². The Kier molecular flexibility index (Phi) is 9.28. The Morgan fingerprint density at radius 2 is 2.12 bits per heavy atom. The lowest BCUT2D eigenvalue weighted by atomic mass is 9.81. The van der Waals surface area contributed by atoms with Gasteiger partial charge in [0.2, 0.25) is 0 Å². The van der Waals surface area contributed by atoms with Crippen molar-refractivity contribution in [2.75, 3.05) is 26.8 Å². The second kappa shape index (κ2) is 12.2. The number of rotatable bonds is 10. The molecular formula is C29H40N2O3. The van der Waals surface area contributed by atoms with Gasteiger partial charge in [-0.25, -0.2) is 0 Å². The first-order valence-electron chi connectivity index (χ1n) is 12.5. The van der Waals surface area contributed by atoms with Crippen LogP contribution in [0.15, 0.2) is 76.2 Å². The Hall–Kier alpha value is -2.66. The van der Waals surface area contributed by atoms with Gasteiger partial charge >= 0.3 is 0 Å². The average molecular weight is 465 g/mol. The number of likely N-dealkylation sites (tertiary alicyclic amines) is 1. The first-order chi connectivity index (χ1) is 16.4. The number of carbonyl (C=O) groups is 1. The molecule has 1 N–H and O–H groups in total. The standard InChI is InChI=1S/C29H40N2O3/c1-6-25(23-14-15-31(18-23)29(33)28(7-2)30-17-21(4)34-5)24(19-32)16-20(3)26-10-8-9-11-27(26)22-12-13-22/h6,8-9,11,16-17,22-23,26,32H,3,7,10,12-15,18-19H2,1-2,4-5H3/b21-17+,24-16-,25-6-,30-28?/t23-,26?/m1/s1. The van der Waals surface area contributed by atoms with E-state index < -0.39 is 0 Å². The molecule has 0 aromatic heterocycles. The maximum absolute atomic E-state index is 13.1. The summed E-state index contributed by atoms with van der Waals surface area (Å²) < 4.78 is 5.13. The molecule has 1 amide bonds. The van der Waals surface area contributed by atoms with Crippen molar-refractivity contribution in [1.82, 2.24) is 4.90 Å². The fourth-order valence-corrected chi connectivity index (χ4v) is 4.98. The van der Waals surface area contributed by atoms with Gasteiger partial charge in [-0.3, -0.25) is 9.79 Å². The van der Waals surface area contributed by atoms with Crippen molar-refractivity contribution in [3.8, 4) is 0 Å². The van der Waals surface area contributed by atoms with Crippen LogP contribution < -0.4 is 0 Å². The third-order valence-corrected chi connectivity index (χ3v) is 7.13. The first kappa shape index (κ1) is 26.0. The van der Waals surface area contributed by atoms with Crippen molar-refractivity contribution in [3.63, 3.8) is 0 Å². The van der Waals surface area contributed by atoms with Crippen molar-refractivity contribution >= 4 is 11.6 Å². The smallest absolute Gasteiger partial charge is 0.268 e. The van der Waals surface area contributed by atoms with Gasteiger partial charge in [-0.2, -0.15) is 0 Å². The average Bonchev–Trinajstić information content (AvgIpc) is 3.60. The molecule has 1 heterocycles. The molecule has 2 aliphatic carbocycles. The molecular weight excluding hydrogens is 424 g/mol. The number of nitrogens with zero attached hydrogens (tertiary/aromatic N) is 2. The zero-order valence-corrected chi connectivity index (χ0v) is 21.2. The molecule has 1 aliphatic heterocycles. The van der Waals surface area contributed by atoms with E-state index in [0.717, 1.165) is 29.6 Å². The fraction of sp³-hybridized carbons (Fsp3) is 0.517. The van der Waals surface area contributed by atoms with Crippen molar-refractivity contribution in [2.45, 2.75) is 52.9 Å². The monoisotopic (exact) mass is 464 g/mol. The summed E-state index contributed by atoms with van der Waals surface area (Å²) in [6, 6.07) is 0. The second-order valence-corrected chi connectivity index (χ2v) is 9.41. The van der Waals surface area contributed by atoms with E-state index in [1.807, 2.05) is 25.7 Å². The minimum Gasteiger partial charge on any atom is -0.500 e. The highest BCUT2D eigenvalue weighted by atomic mass is 16.5. The molecule has 1 unspecified atom stereocenters. The molecule has 5 nitrogen and oxygen atoms in total. The van der Waals surface area contributed by atoms with Crippen LogP contribution in [-0.2, 0) is 9.53 Å². The maximum atomic E-state index is 13.1. The number of aliphatic imine (C=N–C) groups is 1. The van der Waals surface area contributed by atoms with Gasteiger partial charge in [0.1, 0.15) is 11.5 Å². The topological polar surface area (TPSA) is 62.1 Å². The number of methoxy groups -OCH3 is 1. The highest BCUT2D eigenvalue weighted by molar-refractivity contribution is 6.38. The molecule has 0 aromatic rings. The summed E-state index contributed by atoms with van der Waals surface area (Å²) in [5, 5.41) is 10.3. The van der Waals surface area contributed by atoms with Crippen LogP contribution in [0.5, 0.6) is 0 Å². The number of hydrogen-bond acceptors (Lipinski definition) is 4. The van der Waals surface area contributed by atoms with Gasteiger partial charge in [0.05, 0.1) is 19.9 Å².